The summed E-state index contributed by atoms with van der Waals surface area (Å²) in [6, 6.07) is 6.27. The van der Waals surface area contributed by atoms with Gasteiger partial charge in [0.25, 0.3) is 5.69 Å². The van der Waals surface area contributed by atoms with Crippen LogP contribution in [0.1, 0.15) is 38.5 Å². The van der Waals surface area contributed by atoms with Gasteiger partial charge in [0, 0.05) is 25.7 Å². The van der Waals surface area contributed by atoms with Crippen LogP contribution in [-0.2, 0) is 4.79 Å². The van der Waals surface area contributed by atoms with E-state index in [1.54, 1.807) is 18.2 Å². The Hall–Kier alpha value is -1.99. The molecule has 0 spiro atoms. The molecule has 0 atom stereocenters. The summed E-state index contributed by atoms with van der Waals surface area (Å²) in [5.74, 6) is 0.650. The van der Waals surface area contributed by atoms with Crippen molar-refractivity contribution in [3.05, 3.63) is 34.4 Å². The summed E-state index contributed by atoms with van der Waals surface area (Å²) in [6.07, 6.45) is 7.91. The fraction of sp³-hybridized carbons (Fsp3) is 0.650. The zero-order valence-electron chi connectivity index (χ0n) is 15.9. The number of benzene rings is 1. The average molecular weight is 374 g/mol. The molecule has 1 N–H and O–H groups in total. The Morgan fingerprint density at radius 3 is 2.52 bits per heavy atom. The molecular formula is C20H30N4O3. The zero-order chi connectivity index (χ0) is 19.1. The van der Waals surface area contributed by atoms with Crippen LogP contribution in [0, 0.1) is 16.0 Å². The number of hydrogen-bond acceptors (Lipinski definition) is 5. The molecule has 27 heavy (non-hydrogen) atoms. The van der Waals surface area contributed by atoms with Gasteiger partial charge in [-0.15, -0.1) is 0 Å². The highest BCUT2D eigenvalue weighted by Gasteiger charge is 2.22. The number of carbonyl (C=O) groups excluding carboxylic acids is 1. The second-order valence-corrected chi connectivity index (χ2v) is 7.76. The number of nitro benzene ring substituents is 1. The molecule has 3 rings (SSSR count). The molecule has 1 aromatic rings. The molecule has 1 saturated heterocycles. The molecule has 0 radical (unpaired) electrons. The van der Waals surface area contributed by atoms with Crippen molar-refractivity contribution < 1.29 is 9.72 Å². The van der Waals surface area contributed by atoms with Crippen LogP contribution in [0.2, 0.25) is 0 Å². The molecule has 1 aliphatic carbocycles. The monoisotopic (exact) mass is 374 g/mol. The molecule has 0 unspecified atom stereocenters. The first-order valence-corrected chi connectivity index (χ1v) is 10.1. The third kappa shape index (κ3) is 6.01. The molecule has 148 valence electrons. The number of carbonyl (C=O) groups is 1. The molecule has 7 nitrogen and oxygen atoms in total. The van der Waals surface area contributed by atoms with Gasteiger partial charge in [-0.2, -0.15) is 0 Å². The lowest BCUT2D eigenvalue weighted by Gasteiger charge is -2.28. The van der Waals surface area contributed by atoms with E-state index in [2.05, 4.69) is 15.1 Å². The van der Waals surface area contributed by atoms with Crippen molar-refractivity contribution in [1.82, 2.24) is 9.80 Å². The quantitative estimate of drug-likeness (QED) is 0.611. The van der Waals surface area contributed by atoms with E-state index in [1.807, 2.05) is 0 Å². The third-order valence-corrected chi connectivity index (χ3v) is 5.66. The fourth-order valence-electron chi connectivity index (χ4n) is 4.23. The van der Waals surface area contributed by atoms with Crippen LogP contribution < -0.4 is 5.32 Å². The first kappa shape index (κ1) is 19.8. The van der Waals surface area contributed by atoms with Crippen molar-refractivity contribution in [2.24, 2.45) is 5.92 Å². The lowest BCUT2D eigenvalue weighted by Crippen LogP contribution is -2.37. The van der Waals surface area contributed by atoms with Gasteiger partial charge < -0.3 is 10.2 Å². The van der Waals surface area contributed by atoms with Crippen molar-refractivity contribution in [2.45, 2.75) is 38.5 Å². The topological polar surface area (TPSA) is 78.7 Å². The number of rotatable bonds is 6. The van der Waals surface area contributed by atoms with Crippen molar-refractivity contribution in [3.63, 3.8) is 0 Å². The third-order valence-electron chi connectivity index (χ3n) is 5.66. The fourth-order valence-corrected chi connectivity index (χ4v) is 4.23. The number of nitrogens with one attached hydrogen (secondary N) is 1. The van der Waals surface area contributed by atoms with Gasteiger partial charge in [-0.1, -0.05) is 31.4 Å². The van der Waals surface area contributed by atoms with E-state index in [-0.39, 0.29) is 23.8 Å². The van der Waals surface area contributed by atoms with Gasteiger partial charge in [0.15, 0.2) is 0 Å². The minimum absolute atomic E-state index is 0.0691. The zero-order valence-corrected chi connectivity index (χ0v) is 15.9. The smallest absolute Gasteiger partial charge is 0.292 e. The largest absolute Gasteiger partial charge is 0.319 e. The molecule has 1 aliphatic heterocycles. The Labute approximate surface area is 160 Å². The van der Waals surface area contributed by atoms with Crippen LogP contribution in [0.15, 0.2) is 24.3 Å². The summed E-state index contributed by atoms with van der Waals surface area (Å²) in [4.78, 5) is 27.7. The summed E-state index contributed by atoms with van der Waals surface area (Å²) in [6.45, 7) is 5.33. The number of amides is 1. The standard InChI is InChI=1S/C20H30N4O3/c25-20(21-18-9-4-5-10-19(18)24(26)27)16-23-12-6-11-22(13-14-23)15-17-7-2-1-3-8-17/h4-5,9-10,17H,1-3,6-8,11-16H2,(H,21,25). The van der Waals surface area contributed by atoms with Gasteiger partial charge in [-0.25, -0.2) is 0 Å². The lowest BCUT2D eigenvalue weighted by atomic mass is 9.89. The Kier molecular flexibility index (Phi) is 7.18. The van der Waals surface area contributed by atoms with E-state index in [0.717, 1.165) is 38.5 Å². The van der Waals surface area contributed by atoms with E-state index in [4.69, 9.17) is 0 Å². The molecule has 1 amide bonds. The van der Waals surface area contributed by atoms with Gasteiger partial charge >= 0.3 is 0 Å². The van der Waals surface area contributed by atoms with E-state index in [9.17, 15) is 14.9 Å². The predicted molar refractivity (Wildman–Crippen MR) is 106 cm³/mol. The summed E-state index contributed by atoms with van der Waals surface area (Å²) >= 11 is 0. The average Bonchev–Trinajstić information content (AvgIpc) is 2.88. The molecule has 1 heterocycles. The Morgan fingerprint density at radius 2 is 1.74 bits per heavy atom. The minimum atomic E-state index is -0.468. The normalized spacial score (nSPS) is 20.1. The first-order valence-electron chi connectivity index (χ1n) is 10.1. The molecule has 2 fully saturated rings. The second-order valence-electron chi connectivity index (χ2n) is 7.76. The van der Waals surface area contributed by atoms with Crippen molar-refractivity contribution in [1.29, 1.82) is 0 Å². The Morgan fingerprint density at radius 1 is 1.04 bits per heavy atom. The summed E-state index contributed by atoms with van der Waals surface area (Å²) in [5.41, 5.74) is 0.196. The summed E-state index contributed by atoms with van der Waals surface area (Å²) < 4.78 is 0. The lowest BCUT2D eigenvalue weighted by molar-refractivity contribution is -0.383. The second kappa shape index (κ2) is 9.80. The molecule has 0 bridgehead atoms. The number of nitrogens with zero attached hydrogens (tertiary/aromatic N) is 3. The van der Waals surface area contributed by atoms with Gasteiger partial charge in [0.2, 0.25) is 5.91 Å². The number of hydrogen-bond donors (Lipinski definition) is 1. The van der Waals surface area contributed by atoms with E-state index >= 15 is 0 Å². The van der Waals surface area contributed by atoms with Gasteiger partial charge in [0.1, 0.15) is 5.69 Å². The predicted octanol–water partition coefficient (Wildman–Crippen LogP) is 3.12. The Balaban J connectivity index is 1.47. The van der Waals surface area contributed by atoms with Gasteiger partial charge in [0.05, 0.1) is 11.5 Å². The van der Waals surface area contributed by atoms with Crippen LogP contribution in [0.3, 0.4) is 0 Å². The summed E-state index contributed by atoms with van der Waals surface area (Å²) in [5, 5.41) is 13.8. The maximum absolute atomic E-state index is 12.4. The van der Waals surface area contributed by atoms with Crippen LogP contribution in [0.5, 0.6) is 0 Å². The number of anilines is 1. The van der Waals surface area contributed by atoms with Crippen molar-refractivity contribution in [2.75, 3.05) is 44.6 Å². The minimum Gasteiger partial charge on any atom is -0.319 e. The van der Waals surface area contributed by atoms with Gasteiger partial charge in [-0.3, -0.25) is 19.8 Å². The first-order chi connectivity index (χ1) is 13.1. The number of nitro groups is 1. The SMILES string of the molecule is O=C(CN1CCCN(CC2CCCCC2)CC1)Nc1ccccc1[N+](=O)[O-]. The molecule has 1 saturated carbocycles. The highest BCUT2D eigenvalue weighted by Crippen LogP contribution is 2.25. The van der Waals surface area contributed by atoms with E-state index < -0.39 is 4.92 Å². The molecule has 7 heteroatoms. The summed E-state index contributed by atoms with van der Waals surface area (Å²) in [7, 11) is 0. The van der Waals surface area contributed by atoms with E-state index in [1.165, 1.54) is 44.7 Å². The van der Waals surface area contributed by atoms with E-state index in [0.29, 0.717) is 0 Å². The maximum Gasteiger partial charge on any atom is 0.292 e. The molecular weight excluding hydrogens is 344 g/mol. The Bertz CT molecular complexity index is 646. The van der Waals surface area contributed by atoms with Crippen molar-refractivity contribution in [3.8, 4) is 0 Å². The molecule has 0 aromatic heterocycles. The van der Waals surface area contributed by atoms with Crippen LogP contribution in [0.4, 0.5) is 11.4 Å². The van der Waals surface area contributed by atoms with Crippen LogP contribution in [0.25, 0.3) is 0 Å². The highest BCUT2D eigenvalue weighted by molar-refractivity contribution is 5.94. The number of para-hydroxylation sites is 2. The van der Waals surface area contributed by atoms with Gasteiger partial charge in [-0.05, 0) is 44.3 Å². The molecule has 2 aliphatic rings. The highest BCUT2D eigenvalue weighted by atomic mass is 16.6. The van der Waals surface area contributed by atoms with Crippen LogP contribution >= 0.6 is 0 Å². The van der Waals surface area contributed by atoms with Crippen LogP contribution in [-0.4, -0.2) is 59.9 Å². The maximum atomic E-state index is 12.4. The van der Waals surface area contributed by atoms with Crippen molar-refractivity contribution >= 4 is 17.3 Å². The molecule has 1 aromatic carbocycles.